The molecule has 4 nitrogen and oxygen atoms in total. The van der Waals surface area contributed by atoms with E-state index in [1.807, 2.05) is 45.0 Å². The Morgan fingerprint density at radius 1 is 1.28 bits per heavy atom. The lowest BCUT2D eigenvalue weighted by Gasteiger charge is -2.15. The lowest BCUT2D eigenvalue weighted by atomic mass is 10.1. The molecule has 1 rings (SSSR count). The van der Waals surface area contributed by atoms with Crippen LogP contribution in [0.1, 0.15) is 33.6 Å². The molecule has 1 aromatic rings. The van der Waals surface area contributed by atoms with E-state index < -0.39 is 5.97 Å². The van der Waals surface area contributed by atoms with Crippen LogP contribution >= 0.6 is 0 Å². The van der Waals surface area contributed by atoms with Crippen LogP contribution in [0.5, 0.6) is 5.75 Å². The first-order chi connectivity index (χ1) is 8.47. The molecular weight excluding hydrogens is 230 g/mol. The molecule has 0 spiro atoms. The van der Waals surface area contributed by atoms with Gasteiger partial charge in [-0.15, -0.1) is 0 Å². The minimum Gasteiger partial charge on any atom is -0.491 e. The molecule has 0 aromatic heterocycles. The topological polar surface area (TPSA) is 58.6 Å². The molecule has 0 amide bonds. The number of rotatable bonds is 7. The monoisotopic (exact) mass is 251 g/mol. The first kappa shape index (κ1) is 14.4. The number of hydrogen-bond acceptors (Lipinski definition) is 3. The lowest BCUT2D eigenvalue weighted by Crippen LogP contribution is -2.16. The predicted octanol–water partition coefficient (Wildman–Crippen LogP) is 3.14. The highest BCUT2D eigenvalue weighted by atomic mass is 16.5. The van der Waals surface area contributed by atoms with Crippen LogP contribution in [0, 0.1) is 0 Å². The molecule has 1 aromatic carbocycles. The molecule has 1 unspecified atom stereocenters. The summed E-state index contributed by atoms with van der Waals surface area (Å²) < 4.78 is 5.55. The van der Waals surface area contributed by atoms with E-state index >= 15 is 0 Å². The van der Waals surface area contributed by atoms with Gasteiger partial charge < -0.3 is 15.2 Å². The maximum Gasteiger partial charge on any atom is 0.303 e. The van der Waals surface area contributed by atoms with Gasteiger partial charge in [-0.1, -0.05) is 0 Å². The Balaban J connectivity index is 2.45. The van der Waals surface area contributed by atoms with E-state index in [9.17, 15) is 4.79 Å². The summed E-state index contributed by atoms with van der Waals surface area (Å²) >= 11 is 0. The Bertz CT molecular complexity index is 373. The van der Waals surface area contributed by atoms with Crippen molar-refractivity contribution in [3.8, 4) is 5.75 Å². The fourth-order valence-electron chi connectivity index (χ4n) is 1.60. The molecule has 0 aliphatic carbocycles. The Kier molecular flexibility index (Phi) is 5.49. The quantitative estimate of drug-likeness (QED) is 0.781. The summed E-state index contributed by atoms with van der Waals surface area (Å²) in [7, 11) is 0. The first-order valence-electron chi connectivity index (χ1n) is 6.22. The highest BCUT2D eigenvalue weighted by molar-refractivity contribution is 5.66. The van der Waals surface area contributed by atoms with Crippen molar-refractivity contribution in [2.45, 2.75) is 45.8 Å². The van der Waals surface area contributed by atoms with Crippen LogP contribution in [0.2, 0.25) is 0 Å². The first-order valence-corrected chi connectivity index (χ1v) is 6.22. The molecule has 0 bridgehead atoms. The summed E-state index contributed by atoms with van der Waals surface area (Å²) in [4.78, 5) is 10.5. The minimum atomic E-state index is -0.760. The third-order valence-corrected chi connectivity index (χ3v) is 2.43. The van der Waals surface area contributed by atoms with Crippen molar-refractivity contribution in [3.63, 3.8) is 0 Å². The van der Waals surface area contributed by atoms with E-state index in [0.717, 1.165) is 11.4 Å². The number of anilines is 1. The lowest BCUT2D eigenvalue weighted by molar-refractivity contribution is -0.137. The van der Waals surface area contributed by atoms with Crippen LogP contribution in [-0.4, -0.2) is 23.2 Å². The number of carboxylic acids is 1. The Hall–Kier alpha value is -1.71. The molecule has 100 valence electrons. The normalized spacial score (nSPS) is 12.2. The summed E-state index contributed by atoms with van der Waals surface area (Å²) in [5, 5.41) is 11.9. The van der Waals surface area contributed by atoms with Crippen molar-refractivity contribution in [1.82, 2.24) is 0 Å². The van der Waals surface area contributed by atoms with Crippen LogP contribution < -0.4 is 10.1 Å². The molecule has 0 fully saturated rings. The summed E-state index contributed by atoms with van der Waals surface area (Å²) in [6.07, 6.45) is 0.959. The standard InChI is InChI=1S/C14H21NO3/c1-10(2)18-13-7-5-12(6-8-13)15-11(3)4-9-14(16)17/h5-8,10-11,15H,4,9H2,1-3H3,(H,16,17). The van der Waals surface area contributed by atoms with Crippen LogP contribution in [-0.2, 0) is 4.79 Å². The van der Waals surface area contributed by atoms with Gasteiger partial charge in [0, 0.05) is 18.2 Å². The molecule has 18 heavy (non-hydrogen) atoms. The summed E-state index contributed by atoms with van der Waals surface area (Å²) in [5.74, 6) is 0.0815. The van der Waals surface area contributed by atoms with Gasteiger partial charge in [0.25, 0.3) is 0 Å². The van der Waals surface area contributed by atoms with Crippen molar-refractivity contribution in [1.29, 1.82) is 0 Å². The number of aliphatic carboxylic acids is 1. The molecule has 2 N–H and O–H groups in total. The second-order valence-corrected chi connectivity index (χ2v) is 4.67. The van der Waals surface area contributed by atoms with E-state index in [1.54, 1.807) is 0 Å². The number of nitrogens with one attached hydrogen (secondary N) is 1. The summed E-state index contributed by atoms with van der Waals surface area (Å²) in [5.41, 5.74) is 0.976. The molecule has 4 heteroatoms. The number of carbonyl (C=O) groups is 1. The van der Waals surface area contributed by atoms with E-state index in [2.05, 4.69) is 5.32 Å². The Morgan fingerprint density at radius 3 is 2.39 bits per heavy atom. The van der Waals surface area contributed by atoms with Gasteiger partial charge in [-0.2, -0.15) is 0 Å². The van der Waals surface area contributed by atoms with Crippen molar-refractivity contribution >= 4 is 11.7 Å². The van der Waals surface area contributed by atoms with Gasteiger partial charge in [0.05, 0.1) is 6.10 Å². The van der Waals surface area contributed by atoms with Gasteiger partial charge in [0.2, 0.25) is 0 Å². The zero-order valence-electron chi connectivity index (χ0n) is 11.1. The number of benzene rings is 1. The fraction of sp³-hybridized carbons (Fsp3) is 0.500. The average molecular weight is 251 g/mol. The third-order valence-electron chi connectivity index (χ3n) is 2.43. The van der Waals surface area contributed by atoms with Gasteiger partial charge in [-0.3, -0.25) is 4.79 Å². The van der Waals surface area contributed by atoms with Crippen molar-refractivity contribution in [2.24, 2.45) is 0 Å². The average Bonchev–Trinajstić information content (AvgIpc) is 2.28. The largest absolute Gasteiger partial charge is 0.491 e. The van der Waals surface area contributed by atoms with E-state index in [0.29, 0.717) is 6.42 Å². The van der Waals surface area contributed by atoms with Crippen LogP contribution in [0.15, 0.2) is 24.3 Å². The van der Waals surface area contributed by atoms with Crippen molar-refractivity contribution < 1.29 is 14.6 Å². The molecular formula is C14H21NO3. The second-order valence-electron chi connectivity index (χ2n) is 4.67. The number of ether oxygens (including phenoxy) is 1. The van der Waals surface area contributed by atoms with Crippen LogP contribution in [0.25, 0.3) is 0 Å². The number of carboxylic acid groups (broad SMARTS) is 1. The fourth-order valence-corrected chi connectivity index (χ4v) is 1.60. The van der Waals surface area contributed by atoms with Gasteiger partial charge in [0.1, 0.15) is 5.75 Å². The highest BCUT2D eigenvalue weighted by Gasteiger charge is 2.05. The van der Waals surface area contributed by atoms with E-state index in [-0.39, 0.29) is 18.6 Å². The summed E-state index contributed by atoms with van der Waals surface area (Å²) in [6.45, 7) is 5.95. The van der Waals surface area contributed by atoms with Crippen molar-refractivity contribution in [2.75, 3.05) is 5.32 Å². The summed E-state index contributed by atoms with van der Waals surface area (Å²) in [6, 6.07) is 7.83. The van der Waals surface area contributed by atoms with Gasteiger partial charge >= 0.3 is 5.97 Å². The second kappa shape index (κ2) is 6.89. The predicted molar refractivity (Wildman–Crippen MR) is 72.2 cm³/mol. The van der Waals surface area contributed by atoms with Gasteiger partial charge in [-0.25, -0.2) is 0 Å². The maximum atomic E-state index is 10.5. The minimum absolute atomic E-state index is 0.137. The molecule has 1 atom stereocenters. The zero-order valence-corrected chi connectivity index (χ0v) is 11.1. The molecule has 0 heterocycles. The van der Waals surface area contributed by atoms with E-state index in [1.165, 1.54) is 0 Å². The molecule has 0 aliphatic rings. The van der Waals surface area contributed by atoms with Crippen LogP contribution in [0.4, 0.5) is 5.69 Å². The third kappa shape index (κ3) is 5.57. The number of hydrogen-bond donors (Lipinski definition) is 2. The zero-order chi connectivity index (χ0) is 13.5. The molecule has 0 aliphatic heterocycles. The van der Waals surface area contributed by atoms with Gasteiger partial charge in [0.15, 0.2) is 0 Å². The van der Waals surface area contributed by atoms with Crippen molar-refractivity contribution in [3.05, 3.63) is 24.3 Å². The maximum absolute atomic E-state index is 10.5. The highest BCUT2D eigenvalue weighted by Crippen LogP contribution is 2.18. The Labute approximate surface area is 108 Å². The molecule has 0 radical (unpaired) electrons. The van der Waals surface area contributed by atoms with Crippen LogP contribution in [0.3, 0.4) is 0 Å². The van der Waals surface area contributed by atoms with E-state index in [4.69, 9.17) is 9.84 Å². The molecule has 0 saturated carbocycles. The smallest absolute Gasteiger partial charge is 0.303 e. The SMILES string of the molecule is CC(CCC(=O)O)Nc1ccc(OC(C)C)cc1. The Morgan fingerprint density at radius 2 is 1.89 bits per heavy atom. The van der Waals surface area contributed by atoms with Gasteiger partial charge in [-0.05, 0) is 51.5 Å². The molecule has 0 saturated heterocycles.